The van der Waals surface area contributed by atoms with E-state index in [0.717, 1.165) is 5.56 Å². The molecule has 3 rings (SSSR count). The van der Waals surface area contributed by atoms with E-state index in [-0.39, 0.29) is 30.0 Å². The average molecular weight is 413 g/mol. The molecule has 6 nitrogen and oxygen atoms in total. The highest BCUT2D eigenvalue weighted by molar-refractivity contribution is 5.74. The molecule has 0 aliphatic rings. The number of amides is 2. The Hall–Kier alpha value is -3.68. The van der Waals surface area contributed by atoms with E-state index in [1.807, 2.05) is 0 Å². The number of pyridine rings is 1. The maximum atomic E-state index is 13.7. The van der Waals surface area contributed by atoms with Crippen LogP contribution in [0.2, 0.25) is 0 Å². The van der Waals surface area contributed by atoms with Crippen molar-refractivity contribution in [1.82, 2.24) is 15.6 Å². The van der Waals surface area contributed by atoms with Gasteiger partial charge in [-0.2, -0.15) is 0 Å². The molecule has 0 saturated carbocycles. The van der Waals surface area contributed by atoms with E-state index in [1.54, 1.807) is 37.3 Å². The van der Waals surface area contributed by atoms with Crippen LogP contribution < -0.4 is 20.1 Å². The lowest BCUT2D eigenvalue weighted by Gasteiger charge is -2.16. The minimum absolute atomic E-state index is 0.0661. The third-order valence-electron chi connectivity index (χ3n) is 4.33. The van der Waals surface area contributed by atoms with Crippen molar-refractivity contribution in [2.24, 2.45) is 0 Å². The molecule has 0 saturated heterocycles. The Labute approximate surface area is 172 Å². The van der Waals surface area contributed by atoms with Gasteiger partial charge in [-0.05, 0) is 48.4 Å². The lowest BCUT2D eigenvalue weighted by molar-refractivity contribution is 0.237. The van der Waals surface area contributed by atoms with Gasteiger partial charge in [-0.15, -0.1) is 0 Å². The molecular weight excluding hydrogens is 392 g/mol. The third kappa shape index (κ3) is 5.44. The SMILES string of the molecule is COc1cc(C(C)NC(=O)NCc2ccnc(Oc3ccccc3F)c2)ccc1F. The first-order valence-corrected chi connectivity index (χ1v) is 9.21. The van der Waals surface area contributed by atoms with Crippen molar-refractivity contribution in [1.29, 1.82) is 0 Å². The second-order valence-corrected chi connectivity index (χ2v) is 6.48. The van der Waals surface area contributed by atoms with Crippen LogP contribution in [0.5, 0.6) is 17.4 Å². The van der Waals surface area contributed by atoms with Crippen molar-refractivity contribution >= 4 is 6.03 Å². The number of nitrogens with zero attached hydrogens (tertiary/aromatic N) is 1. The molecule has 0 aliphatic heterocycles. The summed E-state index contributed by atoms with van der Waals surface area (Å²) in [6.45, 7) is 1.99. The van der Waals surface area contributed by atoms with E-state index in [9.17, 15) is 13.6 Å². The van der Waals surface area contributed by atoms with Crippen LogP contribution in [0.4, 0.5) is 13.6 Å². The van der Waals surface area contributed by atoms with E-state index in [2.05, 4.69) is 15.6 Å². The van der Waals surface area contributed by atoms with E-state index >= 15 is 0 Å². The van der Waals surface area contributed by atoms with Gasteiger partial charge in [0.2, 0.25) is 5.88 Å². The number of benzene rings is 2. The maximum Gasteiger partial charge on any atom is 0.315 e. The highest BCUT2D eigenvalue weighted by Gasteiger charge is 2.12. The number of para-hydroxylation sites is 1. The zero-order valence-electron chi connectivity index (χ0n) is 16.5. The average Bonchev–Trinajstić information content (AvgIpc) is 2.74. The fraction of sp³-hybridized carbons (Fsp3) is 0.182. The minimum atomic E-state index is -0.492. The number of nitrogens with one attached hydrogen (secondary N) is 2. The molecule has 156 valence electrons. The van der Waals surface area contributed by atoms with Gasteiger partial charge in [0.25, 0.3) is 0 Å². The number of methoxy groups -OCH3 is 1. The molecule has 2 aromatic carbocycles. The Balaban J connectivity index is 1.56. The zero-order chi connectivity index (χ0) is 21.5. The summed E-state index contributed by atoms with van der Waals surface area (Å²) < 4.78 is 37.7. The first-order chi connectivity index (χ1) is 14.5. The number of rotatable bonds is 7. The van der Waals surface area contributed by atoms with Crippen LogP contribution in [0.15, 0.2) is 60.8 Å². The molecule has 0 spiro atoms. The summed E-state index contributed by atoms with van der Waals surface area (Å²) >= 11 is 0. The predicted octanol–water partition coefficient (Wildman–Crippen LogP) is 4.72. The second kappa shape index (κ2) is 9.69. The smallest absolute Gasteiger partial charge is 0.315 e. The molecule has 0 radical (unpaired) electrons. The van der Waals surface area contributed by atoms with Crippen LogP contribution in [0.1, 0.15) is 24.1 Å². The van der Waals surface area contributed by atoms with Crippen LogP contribution in [0.3, 0.4) is 0 Å². The summed E-state index contributed by atoms with van der Waals surface area (Å²) in [6, 6.07) is 13.0. The Bertz CT molecular complexity index is 1030. The van der Waals surface area contributed by atoms with Gasteiger partial charge in [0.05, 0.1) is 13.2 Å². The largest absolute Gasteiger partial charge is 0.494 e. The number of ether oxygens (including phenoxy) is 2. The van der Waals surface area contributed by atoms with Crippen LogP contribution in [0.25, 0.3) is 0 Å². The quantitative estimate of drug-likeness (QED) is 0.588. The lowest BCUT2D eigenvalue weighted by Crippen LogP contribution is -2.36. The Morgan fingerprint density at radius 3 is 2.60 bits per heavy atom. The molecule has 1 heterocycles. The molecule has 2 amide bonds. The maximum absolute atomic E-state index is 13.7. The van der Waals surface area contributed by atoms with Crippen molar-refractivity contribution in [3.63, 3.8) is 0 Å². The normalized spacial score (nSPS) is 11.5. The van der Waals surface area contributed by atoms with Crippen LogP contribution in [-0.2, 0) is 6.54 Å². The van der Waals surface area contributed by atoms with Gasteiger partial charge >= 0.3 is 6.03 Å². The van der Waals surface area contributed by atoms with E-state index < -0.39 is 17.7 Å². The summed E-state index contributed by atoms with van der Waals surface area (Å²) in [6.07, 6.45) is 1.51. The molecule has 3 aromatic rings. The molecule has 0 bridgehead atoms. The first kappa shape index (κ1) is 21.0. The van der Waals surface area contributed by atoms with Crippen molar-refractivity contribution < 1.29 is 23.0 Å². The van der Waals surface area contributed by atoms with E-state index in [0.29, 0.717) is 5.56 Å². The molecule has 2 N–H and O–H groups in total. The van der Waals surface area contributed by atoms with Crippen LogP contribution in [-0.4, -0.2) is 18.1 Å². The number of hydrogen-bond donors (Lipinski definition) is 2. The summed E-state index contributed by atoms with van der Waals surface area (Å²) in [5.74, 6) is -0.568. The van der Waals surface area contributed by atoms with Gasteiger partial charge < -0.3 is 20.1 Å². The highest BCUT2D eigenvalue weighted by atomic mass is 19.1. The fourth-order valence-electron chi connectivity index (χ4n) is 2.72. The van der Waals surface area contributed by atoms with E-state index in [1.165, 1.54) is 37.6 Å². The number of carbonyl (C=O) groups is 1. The molecule has 1 atom stereocenters. The van der Waals surface area contributed by atoms with Crippen LogP contribution in [0, 0.1) is 11.6 Å². The van der Waals surface area contributed by atoms with Gasteiger partial charge in [0, 0.05) is 18.8 Å². The van der Waals surface area contributed by atoms with Crippen molar-refractivity contribution in [3.8, 4) is 17.4 Å². The number of hydrogen-bond acceptors (Lipinski definition) is 4. The van der Waals surface area contributed by atoms with Crippen molar-refractivity contribution in [2.75, 3.05) is 7.11 Å². The van der Waals surface area contributed by atoms with Gasteiger partial charge in [-0.1, -0.05) is 18.2 Å². The minimum Gasteiger partial charge on any atom is -0.494 e. The summed E-state index contributed by atoms with van der Waals surface area (Å²) in [7, 11) is 1.38. The Kier molecular flexibility index (Phi) is 6.79. The second-order valence-electron chi connectivity index (χ2n) is 6.48. The summed E-state index contributed by atoms with van der Waals surface area (Å²) in [5.41, 5.74) is 1.43. The third-order valence-corrected chi connectivity index (χ3v) is 4.33. The molecule has 8 heteroatoms. The summed E-state index contributed by atoms with van der Waals surface area (Å²) in [5, 5.41) is 5.50. The van der Waals surface area contributed by atoms with Crippen LogP contribution >= 0.6 is 0 Å². The van der Waals surface area contributed by atoms with Crippen molar-refractivity contribution in [3.05, 3.63) is 83.6 Å². The monoisotopic (exact) mass is 413 g/mol. The summed E-state index contributed by atoms with van der Waals surface area (Å²) in [4.78, 5) is 16.3. The van der Waals surface area contributed by atoms with Gasteiger partial charge in [-0.3, -0.25) is 0 Å². The van der Waals surface area contributed by atoms with Crippen molar-refractivity contribution in [2.45, 2.75) is 19.5 Å². The lowest BCUT2D eigenvalue weighted by atomic mass is 10.1. The number of urea groups is 1. The topological polar surface area (TPSA) is 72.5 Å². The predicted molar refractivity (Wildman–Crippen MR) is 107 cm³/mol. The molecule has 1 aromatic heterocycles. The van der Waals surface area contributed by atoms with Gasteiger partial charge in [0.1, 0.15) is 0 Å². The number of carbonyl (C=O) groups excluding carboxylic acids is 1. The van der Waals surface area contributed by atoms with Gasteiger partial charge in [-0.25, -0.2) is 18.6 Å². The number of aromatic nitrogens is 1. The molecular formula is C22H21F2N3O3. The zero-order valence-corrected chi connectivity index (χ0v) is 16.5. The first-order valence-electron chi connectivity index (χ1n) is 9.21. The van der Waals surface area contributed by atoms with Gasteiger partial charge in [0.15, 0.2) is 23.1 Å². The molecule has 0 fully saturated rings. The highest BCUT2D eigenvalue weighted by Crippen LogP contribution is 2.23. The molecule has 30 heavy (non-hydrogen) atoms. The standard InChI is InChI=1S/C22H21F2N3O3/c1-14(16-7-8-18(24)20(12-16)29-2)27-22(28)26-13-15-9-10-25-21(11-15)30-19-6-4-3-5-17(19)23/h3-12,14H,13H2,1-2H3,(H2,26,27,28). The molecule has 1 unspecified atom stereocenters. The fourth-order valence-corrected chi connectivity index (χ4v) is 2.72. The van der Waals surface area contributed by atoms with E-state index in [4.69, 9.17) is 9.47 Å². The Morgan fingerprint density at radius 2 is 1.83 bits per heavy atom. The number of halogens is 2. The Morgan fingerprint density at radius 1 is 1.07 bits per heavy atom. The molecule has 0 aliphatic carbocycles.